The summed E-state index contributed by atoms with van der Waals surface area (Å²) in [4.78, 5) is 12.4. The van der Waals surface area contributed by atoms with E-state index in [2.05, 4.69) is 64.6 Å². The molecule has 7 nitrogen and oxygen atoms in total. The van der Waals surface area contributed by atoms with Crippen LogP contribution in [-0.2, 0) is 0 Å². The molecule has 2 aliphatic rings. The van der Waals surface area contributed by atoms with Crippen LogP contribution < -0.4 is 15.4 Å². The Kier molecular flexibility index (Phi) is 8.78. The van der Waals surface area contributed by atoms with Crippen LogP contribution in [0, 0.1) is 0 Å². The molecule has 2 heterocycles. The van der Waals surface area contributed by atoms with Crippen molar-refractivity contribution in [2.75, 3.05) is 73.6 Å². The molecule has 2 atom stereocenters. The molecule has 1 aromatic carbocycles. The fraction of sp³-hybridized carbons (Fsp3) is 0.696. The van der Waals surface area contributed by atoms with E-state index >= 15 is 0 Å². The Morgan fingerprint density at radius 2 is 1.97 bits per heavy atom. The highest BCUT2D eigenvalue weighted by atomic mass is 16.5. The zero-order chi connectivity index (χ0) is 21.3. The van der Waals surface area contributed by atoms with Gasteiger partial charge in [0, 0.05) is 38.8 Å². The Balaban J connectivity index is 1.68. The molecule has 30 heavy (non-hydrogen) atoms. The fourth-order valence-corrected chi connectivity index (χ4v) is 4.39. The van der Waals surface area contributed by atoms with Crippen LogP contribution in [0.4, 0.5) is 0 Å². The van der Waals surface area contributed by atoms with Crippen molar-refractivity contribution in [2.24, 2.45) is 4.99 Å². The molecule has 0 radical (unpaired) electrons. The van der Waals surface area contributed by atoms with E-state index in [-0.39, 0.29) is 6.04 Å². The quantitative estimate of drug-likeness (QED) is 0.496. The lowest BCUT2D eigenvalue weighted by molar-refractivity contribution is 0.116. The van der Waals surface area contributed by atoms with Crippen LogP contribution in [0.3, 0.4) is 0 Å². The van der Waals surface area contributed by atoms with Gasteiger partial charge < -0.3 is 20.3 Å². The molecule has 0 amide bonds. The highest BCUT2D eigenvalue weighted by Gasteiger charge is 2.25. The topological polar surface area (TPSA) is 55.4 Å². The number of hydrogen-bond donors (Lipinski definition) is 2. The summed E-state index contributed by atoms with van der Waals surface area (Å²) >= 11 is 0. The first-order chi connectivity index (χ1) is 14.6. The SMILES string of the molecule is CCNC(=NCC(c1cccc(OC)c1)N1CCCC1)NCC1CN(C)CCN1C. The number of benzene rings is 1. The predicted octanol–water partition coefficient (Wildman–Crippen LogP) is 1.63. The number of piperazine rings is 1. The zero-order valence-corrected chi connectivity index (χ0v) is 19.2. The smallest absolute Gasteiger partial charge is 0.191 e. The average molecular weight is 417 g/mol. The summed E-state index contributed by atoms with van der Waals surface area (Å²) < 4.78 is 5.47. The number of aliphatic imine (C=N–C) groups is 1. The van der Waals surface area contributed by atoms with Gasteiger partial charge in [0.2, 0.25) is 0 Å². The van der Waals surface area contributed by atoms with Crippen LogP contribution in [0.2, 0.25) is 0 Å². The molecule has 0 saturated carbocycles. The van der Waals surface area contributed by atoms with Crippen molar-refractivity contribution in [1.82, 2.24) is 25.3 Å². The van der Waals surface area contributed by atoms with Gasteiger partial charge in [-0.05, 0) is 64.6 Å². The molecule has 2 saturated heterocycles. The molecule has 0 aliphatic carbocycles. The normalized spacial score (nSPS) is 22.8. The third-order valence-corrected chi connectivity index (χ3v) is 6.31. The van der Waals surface area contributed by atoms with E-state index in [1.165, 1.54) is 18.4 Å². The first-order valence-corrected chi connectivity index (χ1v) is 11.4. The molecule has 2 aliphatic heterocycles. The van der Waals surface area contributed by atoms with Crippen LogP contribution in [0.15, 0.2) is 29.3 Å². The van der Waals surface area contributed by atoms with Gasteiger partial charge in [-0.25, -0.2) is 0 Å². The van der Waals surface area contributed by atoms with E-state index < -0.39 is 0 Å². The Morgan fingerprint density at radius 1 is 1.17 bits per heavy atom. The minimum absolute atomic E-state index is 0.279. The Morgan fingerprint density at radius 3 is 2.70 bits per heavy atom. The van der Waals surface area contributed by atoms with Crippen molar-refractivity contribution < 1.29 is 4.74 Å². The van der Waals surface area contributed by atoms with E-state index in [9.17, 15) is 0 Å². The predicted molar refractivity (Wildman–Crippen MR) is 124 cm³/mol. The maximum absolute atomic E-state index is 5.47. The number of nitrogens with zero attached hydrogens (tertiary/aromatic N) is 4. The molecular formula is C23H40N6O. The van der Waals surface area contributed by atoms with Crippen molar-refractivity contribution in [3.05, 3.63) is 29.8 Å². The third-order valence-electron chi connectivity index (χ3n) is 6.31. The van der Waals surface area contributed by atoms with E-state index in [4.69, 9.17) is 9.73 Å². The molecule has 3 rings (SSSR count). The number of nitrogens with one attached hydrogen (secondary N) is 2. The number of methoxy groups -OCH3 is 1. The number of hydrogen-bond acceptors (Lipinski definition) is 5. The number of guanidine groups is 1. The van der Waals surface area contributed by atoms with Gasteiger partial charge in [0.15, 0.2) is 5.96 Å². The maximum Gasteiger partial charge on any atom is 0.191 e. The molecule has 2 fully saturated rings. The first kappa shape index (κ1) is 22.8. The molecule has 7 heteroatoms. The van der Waals surface area contributed by atoms with Gasteiger partial charge >= 0.3 is 0 Å². The van der Waals surface area contributed by atoms with Crippen molar-refractivity contribution in [2.45, 2.75) is 31.8 Å². The van der Waals surface area contributed by atoms with Gasteiger partial charge in [-0.1, -0.05) is 12.1 Å². The lowest BCUT2D eigenvalue weighted by Gasteiger charge is -2.38. The molecule has 0 aromatic heterocycles. The van der Waals surface area contributed by atoms with Gasteiger partial charge in [-0.15, -0.1) is 0 Å². The fourth-order valence-electron chi connectivity index (χ4n) is 4.39. The summed E-state index contributed by atoms with van der Waals surface area (Å²) in [6, 6.07) is 9.23. The first-order valence-electron chi connectivity index (χ1n) is 11.4. The van der Waals surface area contributed by atoms with Gasteiger partial charge in [-0.3, -0.25) is 14.8 Å². The van der Waals surface area contributed by atoms with Crippen molar-refractivity contribution in [3.63, 3.8) is 0 Å². The minimum Gasteiger partial charge on any atom is -0.497 e. The standard InChI is InChI=1S/C23H40N6O/c1-5-24-23(25-16-20-18-27(2)13-14-28(20)3)26-17-22(29-11-6-7-12-29)19-9-8-10-21(15-19)30-4/h8-10,15,20,22H,5-7,11-14,16-18H2,1-4H3,(H2,24,25,26). The lowest BCUT2D eigenvalue weighted by atomic mass is 10.1. The number of likely N-dealkylation sites (N-methyl/N-ethyl adjacent to an activating group) is 2. The molecule has 168 valence electrons. The van der Waals surface area contributed by atoms with Crippen molar-refractivity contribution in [3.8, 4) is 5.75 Å². The number of ether oxygens (including phenoxy) is 1. The van der Waals surface area contributed by atoms with Gasteiger partial charge in [0.1, 0.15) is 5.75 Å². The van der Waals surface area contributed by atoms with Crippen molar-refractivity contribution in [1.29, 1.82) is 0 Å². The summed E-state index contributed by atoms with van der Waals surface area (Å²) in [6.07, 6.45) is 2.54. The van der Waals surface area contributed by atoms with Gasteiger partial charge in [0.05, 0.1) is 19.7 Å². The average Bonchev–Trinajstić information content (AvgIpc) is 3.29. The summed E-state index contributed by atoms with van der Waals surface area (Å²) in [5.74, 6) is 1.82. The monoisotopic (exact) mass is 416 g/mol. The van der Waals surface area contributed by atoms with Crippen LogP contribution in [0.1, 0.15) is 31.4 Å². The molecular weight excluding hydrogens is 376 g/mol. The van der Waals surface area contributed by atoms with Crippen LogP contribution >= 0.6 is 0 Å². The van der Waals surface area contributed by atoms with E-state index in [1.807, 2.05) is 6.07 Å². The molecule has 0 bridgehead atoms. The Labute approximate surface area is 182 Å². The molecule has 2 unspecified atom stereocenters. The van der Waals surface area contributed by atoms with Crippen molar-refractivity contribution >= 4 is 5.96 Å². The summed E-state index contributed by atoms with van der Waals surface area (Å²) in [5, 5.41) is 7.02. The van der Waals surface area contributed by atoms with E-state index in [1.54, 1.807) is 7.11 Å². The van der Waals surface area contributed by atoms with E-state index in [0.29, 0.717) is 6.04 Å². The maximum atomic E-state index is 5.47. The molecule has 0 spiro atoms. The Bertz CT molecular complexity index is 675. The van der Waals surface area contributed by atoms with Gasteiger partial charge in [-0.2, -0.15) is 0 Å². The molecule has 2 N–H and O–H groups in total. The summed E-state index contributed by atoms with van der Waals surface area (Å²) in [7, 11) is 6.15. The lowest BCUT2D eigenvalue weighted by Crippen LogP contribution is -2.55. The number of rotatable bonds is 8. The summed E-state index contributed by atoms with van der Waals surface area (Å²) in [6.45, 7) is 10.2. The second-order valence-corrected chi connectivity index (χ2v) is 8.53. The number of likely N-dealkylation sites (tertiary alicyclic amines) is 1. The largest absolute Gasteiger partial charge is 0.497 e. The van der Waals surface area contributed by atoms with E-state index in [0.717, 1.165) is 64.1 Å². The zero-order valence-electron chi connectivity index (χ0n) is 19.2. The Hall–Kier alpha value is -1.83. The minimum atomic E-state index is 0.279. The van der Waals surface area contributed by atoms with Crippen LogP contribution in [0.5, 0.6) is 5.75 Å². The summed E-state index contributed by atoms with van der Waals surface area (Å²) in [5.41, 5.74) is 1.28. The third kappa shape index (κ3) is 6.33. The van der Waals surface area contributed by atoms with Crippen LogP contribution in [-0.4, -0.2) is 100 Å². The van der Waals surface area contributed by atoms with Gasteiger partial charge in [0.25, 0.3) is 0 Å². The molecule has 1 aromatic rings. The highest BCUT2D eigenvalue weighted by molar-refractivity contribution is 5.79. The van der Waals surface area contributed by atoms with Crippen LogP contribution in [0.25, 0.3) is 0 Å². The second kappa shape index (κ2) is 11.5. The second-order valence-electron chi connectivity index (χ2n) is 8.53. The highest BCUT2D eigenvalue weighted by Crippen LogP contribution is 2.27.